The minimum absolute atomic E-state index is 0.493. The molecule has 1 aliphatic heterocycles. The fourth-order valence-electron chi connectivity index (χ4n) is 1.78. The summed E-state index contributed by atoms with van der Waals surface area (Å²) in [5.41, 5.74) is 0.916. The summed E-state index contributed by atoms with van der Waals surface area (Å²) in [6.45, 7) is 3.60. The Morgan fingerprint density at radius 3 is 2.72 bits per heavy atom. The van der Waals surface area contributed by atoms with E-state index < -0.39 is 0 Å². The summed E-state index contributed by atoms with van der Waals surface area (Å²) in [6.07, 6.45) is 0. The maximum Gasteiger partial charge on any atom is 0.227 e. The Balaban J connectivity index is 2.31. The Hall–Kier alpha value is -0.670. The van der Waals surface area contributed by atoms with Crippen molar-refractivity contribution >= 4 is 34.4 Å². The molecule has 1 aromatic rings. The molecule has 0 unspecified atom stereocenters. The van der Waals surface area contributed by atoms with Crippen LogP contribution in [0.25, 0.3) is 0 Å². The third kappa shape index (κ3) is 3.01. The minimum Gasteiger partial charge on any atom is -0.378 e. The first-order valence-corrected chi connectivity index (χ1v) is 6.90. The van der Waals surface area contributed by atoms with Gasteiger partial charge in [0, 0.05) is 27.2 Å². The van der Waals surface area contributed by atoms with Gasteiger partial charge in [0.05, 0.1) is 29.1 Å². The van der Waals surface area contributed by atoms with Crippen molar-refractivity contribution in [3.05, 3.63) is 9.26 Å². The second-order valence-corrected chi connectivity index (χ2v) is 4.99. The van der Waals surface area contributed by atoms with E-state index in [0.717, 1.165) is 47.3 Å². The lowest BCUT2D eigenvalue weighted by Gasteiger charge is -2.27. The Labute approximate surface area is 120 Å². The molecule has 0 radical (unpaired) electrons. The molecule has 0 aliphatic carbocycles. The zero-order valence-electron chi connectivity index (χ0n) is 10.6. The molecule has 6 nitrogen and oxygen atoms in total. The van der Waals surface area contributed by atoms with Gasteiger partial charge in [-0.25, -0.2) is 4.98 Å². The van der Waals surface area contributed by atoms with Gasteiger partial charge in [-0.3, -0.25) is 0 Å². The Bertz CT molecular complexity index is 410. The van der Waals surface area contributed by atoms with E-state index in [1.807, 2.05) is 7.05 Å². The molecule has 0 atom stereocenters. The summed E-state index contributed by atoms with van der Waals surface area (Å²) < 4.78 is 11.5. The van der Waals surface area contributed by atoms with Crippen LogP contribution in [0.1, 0.15) is 5.69 Å². The van der Waals surface area contributed by atoms with E-state index in [0.29, 0.717) is 6.61 Å². The van der Waals surface area contributed by atoms with Crippen LogP contribution in [0.15, 0.2) is 0 Å². The van der Waals surface area contributed by atoms with Crippen molar-refractivity contribution in [2.24, 2.45) is 0 Å². The number of halogens is 1. The van der Waals surface area contributed by atoms with E-state index in [2.05, 4.69) is 42.8 Å². The van der Waals surface area contributed by atoms with Crippen molar-refractivity contribution in [2.45, 2.75) is 6.61 Å². The maximum atomic E-state index is 5.34. The number of rotatable bonds is 4. The Morgan fingerprint density at radius 1 is 1.39 bits per heavy atom. The summed E-state index contributed by atoms with van der Waals surface area (Å²) >= 11 is 2.24. The SMILES string of the molecule is CNc1nc(N2CCOCC2)nc(COC)c1I. The lowest BCUT2D eigenvalue weighted by Crippen LogP contribution is -2.37. The average Bonchev–Trinajstić information content (AvgIpc) is 2.42. The number of morpholine rings is 1. The zero-order valence-corrected chi connectivity index (χ0v) is 12.7. The Kier molecular flexibility index (Phi) is 4.95. The van der Waals surface area contributed by atoms with E-state index in [-0.39, 0.29) is 0 Å². The molecular formula is C11H17IN4O2. The van der Waals surface area contributed by atoms with Gasteiger partial charge in [-0.05, 0) is 22.6 Å². The van der Waals surface area contributed by atoms with Crippen LogP contribution < -0.4 is 10.2 Å². The molecule has 1 aliphatic rings. The monoisotopic (exact) mass is 364 g/mol. The van der Waals surface area contributed by atoms with Crippen LogP contribution in [0.5, 0.6) is 0 Å². The summed E-state index contributed by atoms with van der Waals surface area (Å²) in [4.78, 5) is 11.3. The molecule has 0 amide bonds. The predicted octanol–water partition coefficient (Wildman–Crippen LogP) is 1.11. The molecule has 7 heteroatoms. The Morgan fingerprint density at radius 2 is 2.11 bits per heavy atom. The fourth-order valence-corrected chi connectivity index (χ4v) is 2.45. The number of hydrogen-bond donors (Lipinski definition) is 1. The minimum atomic E-state index is 0.493. The van der Waals surface area contributed by atoms with Crippen LogP contribution in [0, 0.1) is 3.57 Å². The molecule has 0 bridgehead atoms. The van der Waals surface area contributed by atoms with Crippen LogP contribution in [0.4, 0.5) is 11.8 Å². The largest absolute Gasteiger partial charge is 0.378 e. The summed E-state index contributed by atoms with van der Waals surface area (Å²) in [6, 6.07) is 0. The van der Waals surface area contributed by atoms with Gasteiger partial charge in [0.15, 0.2) is 0 Å². The number of hydrogen-bond acceptors (Lipinski definition) is 6. The smallest absolute Gasteiger partial charge is 0.227 e. The average molecular weight is 364 g/mol. The van der Waals surface area contributed by atoms with Gasteiger partial charge >= 0.3 is 0 Å². The molecule has 18 heavy (non-hydrogen) atoms. The fraction of sp³-hybridized carbons (Fsp3) is 0.636. The number of methoxy groups -OCH3 is 1. The van der Waals surface area contributed by atoms with Crippen LogP contribution in [0.2, 0.25) is 0 Å². The molecule has 1 N–H and O–H groups in total. The van der Waals surface area contributed by atoms with Crippen molar-refractivity contribution in [3.63, 3.8) is 0 Å². The number of ether oxygens (including phenoxy) is 2. The van der Waals surface area contributed by atoms with E-state index in [1.54, 1.807) is 7.11 Å². The van der Waals surface area contributed by atoms with Crippen molar-refractivity contribution in [2.75, 3.05) is 50.7 Å². The normalized spacial score (nSPS) is 15.8. The highest BCUT2D eigenvalue weighted by atomic mass is 127. The van der Waals surface area contributed by atoms with Gasteiger partial charge < -0.3 is 19.7 Å². The standard InChI is InChI=1S/C11H17IN4O2/c1-13-10-9(12)8(7-17-2)14-11(15-10)16-3-5-18-6-4-16/h3-7H2,1-2H3,(H,13,14,15). The summed E-state index contributed by atoms with van der Waals surface area (Å²) in [5, 5.41) is 3.10. The third-order valence-corrected chi connectivity index (χ3v) is 3.85. The molecule has 1 saturated heterocycles. The predicted molar refractivity (Wildman–Crippen MR) is 78.0 cm³/mol. The van der Waals surface area contributed by atoms with Crippen LogP contribution in [-0.4, -0.2) is 50.4 Å². The summed E-state index contributed by atoms with van der Waals surface area (Å²) in [7, 11) is 3.54. The first-order chi connectivity index (χ1) is 8.76. The van der Waals surface area contributed by atoms with Gasteiger partial charge in [-0.15, -0.1) is 0 Å². The molecule has 100 valence electrons. The van der Waals surface area contributed by atoms with Gasteiger partial charge in [0.25, 0.3) is 0 Å². The summed E-state index contributed by atoms with van der Waals surface area (Å²) in [5.74, 6) is 1.59. The van der Waals surface area contributed by atoms with Gasteiger partial charge in [-0.2, -0.15) is 4.98 Å². The van der Waals surface area contributed by atoms with E-state index in [4.69, 9.17) is 9.47 Å². The number of anilines is 2. The quantitative estimate of drug-likeness (QED) is 0.808. The molecule has 0 aromatic carbocycles. The number of aromatic nitrogens is 2. The van der Waals surface area contributed by atoms with E-state index in [9.17, 15) is 0 Å². The zero-order chi connectivity index (χ0) is 13.0. The van der Waals surface area contributed by atoms with Crippen LogP contribution in [-0.2, 0) is 16.1 Å². The molecule has 2 rings (SSSR count). The molecule has 2 heterocycles. The molecular weight excluding hydrogens is 347 g/mol. The van der Waals surface area contributed by atoms with Gasteiger partial charge in [0.1, 0.15) is 5.82 Å². The molecule has 1 aromatic heterocycles. The number of nitrogens with one attached hydrogen (secondary N) is 1. The van der Waals surface area contributed by atoms with Gasteiger partial charge in [0.2, 0.25) is 5.95 Å². The lowest BCUT2D eigenvalue weighted by atomic mass is 10.4. The molecule has 0 spiro atoms. The highest BCUT2D eigenvalue weighted by Crippen LogP contribution is 2.23. The van der Waals surface area contributed by atoms with Crippen molar-refractivity contribution in [3.8, 4) is 0 Å². The first kappa shape index (κ1) is 13.8. The second kappa shape index (κ2) is 6.48. The molecule has 1 fully saturated rings. The molecule has 0 saturated carbocycles. The van der Waals surface area contributed by atoms with E-state index >= 15 is 0 Å². The first-order valence-electron chi connectivity index (χ1n) is 5.82. The lowest BCUT2D eigenvalue weighted by molar-refractivity contribution is 0.122. The second-order valence-electron chi connectivity index (χ2n) is 3.92. The van der Waals surface area contributed by atoms with Crippen molar-refractivity contribution in [1.82, 2.24) is 9.97 Å². The highest BCUT2D eigenvalue weighted by molar-refractivity contribution is 14.1. The highest BCUT2D eigenvalue weighted by Gasteiger charge is 2.18. The maximum absolute atomic E-state index is 5.34. The third-order valence-electron chi connectivity index (χ3n) is 2.72. The van der Waals surface area contributed by atoms with Gasteiger partial charge in [-0.1, -0.05) is 0 Å². The van der Waals surface area contributed by atoms with Crippen LogP contribution >= 0.6 is 22.6 Å². The van der Waals surface area contributed by atoms with Crippen molar-refractivity contribution in [1.29, 1.82) is 0 Å². The van der Waals surface area contributed by atoms with Crippen LogP contribution in [0.3, 0.4) is 0 Å². The topological polar surface area (TPSA) is 59.5 Å². The number of nitrogens with zero attached hydrogens (tertiary/aromatic N) is 3. The van der Waals surface area contributed by atoms with E-state index in [1.165, 1.54) is 0 Å². The van der Waals surface area contributed by atoms with Crippen molar-refractivity contribution < 1.29 is 9.47 Å².